The van der Waals surface area contributed by atoms with E-state index in [4.69, 9.17) is 0 Å². The van der Waals surface area contributed by atoms with Crippen molar-refractivity contribution in [2.45, 2.75) is 40.0 Å². The van der Waals surface area contributed by atoms with Crippen molar-refractivity contribution in [3.63, 3.8) is 0 Å². The molecule has 1 fully saturated rings. The Morgan fingerprint density at radius 3 is 2.62 bits per heavy atom. The Bertz CT molecular complexity index is 339. The highest BCUT2D eigenvalue weighted by Gasteiger charge is 2.33. The van der Waals surface area contributed by atoms with Crippen molar-refractivity contribution in [3.8, 4) is 0 Å². The van der Waals surface area contributed by atoms with Crippen LogP contribution in [0.5, 0.6) is 0 Å². The third-order valence-corrected chi connectivity index (χ3v) is 2.78. The van der Waals surface area contributed by atoms with Crippen LogP contribution >= 0.6 is 0 Å². The van der Waals surface area contributed by atoms with Crippen molar-refractivity contribution in [1.82, 2.24) is 0 Å². The number of ether oxygens (including phenoxy) is 1. The van der Waals surface area contributed by atoms with Crippen molar-refractivity contribution in [2.75, 3.05) is 6.61 Å². The summed E-state index contributed by atoms with van der Waals surface area (Å²) in [6, 6.07) is 0. The SMILES string of the molecule is CCOC(=O)/C(O)=C1\CCC(C)(C)CC1=O. The van der Waals surface area contributed by atoms with E-state index in [9.17, 15) is 14.7 Å². The molecule has 1 N–H and O–H groups in total. The second-order valence-corrected chi connectivity index (χ2v) is 4.81. The van der Waals surface area contributed by atoms with Crippen molar-refractivity contribution >= 4 is 11.8 Å². The number of hydrogen-bond donors (Lipinski definition) is 1. The zero-order valence-corrected chi connectivity index (χ0v) is 10.0. The number of ketones is 1. The summed E-state index contributed by atoms with van der Waals surface area (Å²) in [7, 11) is 0. The predicted octanol–water partition coefficient (Wildman–Crippen LogP) is 2.14. The summed E-state index contributed by atoms with van der Waals surface area (Å²) in [5.41, 5.74) is 0.174. The van der Waals surface area contributed by atoms with Gasteiger partial charge in [-0.1, -0.05) is 13.8 Å². The van der Waals surface area contributed by atoms with Crippen LogP contribution in [0, 0.1) is 5.41 Å². The number of aliphatic hydroxyl groups is 1. The number of carbonyl (C=O) groups is 2. The summed E-state index contributed by atoms with van der Waals surface area (Å²) in [6.45, 7) is 5.85. The highest BCUT2D eigenvalue weighted by molar-refractivity contribution is 6.03. The third-order valence-electron chi connectivity index (χ3n) is 2.78. The Morgan fingerprint density at radius 1 is 1.50 bits per heavy atom. The average molecular weight is 226 g/mol. The summed E-state index contributed by atoms with van der Waals surface area (Å²) in [4.78, 5) is 23.0. The van der Waals surface area contributed by atoms with E-state index in [1.165, 1.54) is 0 Å². The predicted molar refractivity (Wildman–Crippen MR) is 58.9 cm³/mol. The van der Waals surface area contributed by atoms with E-state index in [0.29, 0.717) is 12.8 Å². The first kappa shape index (κ1) is 12.7. The van der Waals surface area contributed by atoms with Gasteiger partial charge < -0.3 is 9.84 Å². The first-order chi connectivity index (χ1) is 7.37. The molecule has 0 bridgehead atoms. The van der Waals surface area contributed by atoms with E-state index >= 15 is 0 Å². The van der Waals surface area contributed by atoms with E-state index in [0.717, 1.165) is 6.42 Å². The summed E-state index contributed by atoms with van der Waals surface area (Å²) < 4.78 is 4.66. The van der Waals surface area contributed by atoms with Gasteiger partial charge in [-0.3, -0.25) is 4.79 Å². The topological polar surface area (TPSA) is 63.6 Å². The Labute approximate surface area is 95.3 Å². The smallest absolute Gasteiger partial charge is 0.373 e. The number of allylic oxidation sites excluding steroid dienone is 1. The molecule has 0 saturated heterocycles. The van der Waals surface area contributed by atoms with Crippen LogP contribution in [-0.2, 0) is 14.3 Å². The zero-order valence-electron chi connectivity index (χ0n) is 10.0. The highest BCUT2D eigenvalue weighted by atomic mass is 16.5. The van der Waals surface area contributed by atoms with Gasteiger partial charge >= 0.3 is 5.97 Å². The van der Waals surface area contributed by atoms with Crippen LogP contribution in [0.4, 0.5) is 0 Å². The maximum absolute atomic E-state index is 11.7. The number of esters is 1. The quantitative estimate of drug-likeness (QED) is 0.445. The molecule has 1 rings (SSSR count). The Balaban J connectivity index is 2.85. The summed E-state index contributed by atoms with van der Waals surface area (Å²) in [6.07, 6.45) is 1.60. The lowest BCUT2D eigenvalue weighted by Gasteiger charge is -2.29. The lowest BCUT2D eigenvalue weighted by molar-refractivity contribution is -0.142. The summed E-state index contributed by atoms with van der Waals surface area (Å²) >= 11 is 0. The highest BCUT2D eigenvalue weighted by Crippen LogP contribution is 2.36. The zero-order chi connectivity index (χ0) is 12.3. The second-order valence-electron chi connectivity index (χ2n) is 4.81. The van der Waals surface area contributed by atoms with Crippen LogP contribution in [0.2, 0.25) is 0 Å². The minimum atomic E-state index is -0.800. The normalized spacial score (nSPS) is 22.8. The molecule has 0 aromatic rings. The fourth-order valence-corrected chi connectivity index (χ4v) is 1.81. The Hall–Kier alpha value is -1.32. The largest absolute Gasteiger partial charge is 0.502 e. The van der Waals surface area contributed by atoms with Crippen molar-refractivity contribution in [2.24, 2.45) is 5.41 Å². The Kier molecular flexibility index (Phi) is 3.73. The monoisotopic (exact) mass is 226 g/mol. The molecular weight excluding hydrogens is 208 g/mol. The molecular formula is C12H18O4. The van der Waals surface area contributed by atoms with Crippen molar-refractivity contribution in [3.05, 3.63) is 11.3 Å². The summed E-state index contributed by atoms with van der Waals surface area (Å²) in [5.74, 6) is -1.46. The third kappa shape index (κ3) is 2.84. The van der Waals surface area contributed by atoms with Gasteiger partial charge in [-0.25, -0.2) is 4.79 Å². The Morgan fingerprint density at radius 2 is 2.12 bits per heavy atom. The molecule has 1 aliphatic rings. The first-order valence-electron chi connectivity index (χ1n) is 5.50. The maximum atomic E-state index is 11.7. The van der Waals surface area contributed by atoms with Gasteiger partial charge in [0, 0.05) is 12.0 Å². The van der Waals surface area contributed by atoms with Gasteiger partial charge in [-0.05, 0) is 25.2 Å². The lowest BCUT2D eigenvalue weighted by Crippen LogP contribution is -2.26. The van der Waals surface area contributed by atoms with Crippen LogP contribution in [0.15, 0.2) is 11.3 Å². The molecule has 0 radical (unpaired) electrons. The molecule has 0 spiro atoms. The molecule has 4 nitrogen and oxygen atoms in total. The number of rotatable bonds is 2. The van der Waals surface area contributed by atoms with Crippen LogP contribution in [-0.4, -0.2) is 23.5 Å². The number of hydrogen-bond acceptors (Lipinski definition) is 4. The molecule has 4 heteroatoms. The molecule has 1 aliphatic carbocycles. The maximum Gasteiger partial charge on any atom is 0.373 e. The standard InChI is InChI=1S/C12H18O4/c1-4-16-11(15)10(14)8-5-6-12(2,3)7-9(8)13/h14H,4-7H2,1-3H3/b10-8-. The van der Waals surface area contributed by atoms with Gasteiger partial charge in [0.05, 0.1) is 6.61 Å². The molecule has 0 unspecified atom stereocenters. The molecule has 0 atom stereocenters. The molecule has 0 aromatic carbocycles. The van der Waals surface area contributed by atoms with Gasteiger partial charge in [-0.2, -0.15) is 0 Å². The van der Waals surface area contributed by atoms with Crippen LogP contribution in [0.1, 0.15) is 40.0 Å². The number of Topliss-reactive ketones (excluding diaryl/α,β-unsaturated/α-hetero) is 1. The number of carbonyl (C=O) groups excluding carboxylic acids is 2. The molecule has 0 amide bonds. The van der Waals surface area contributed by atoms with E-state index in [1.807, 2.05) is 13.8 Å². The molecule has 0 aromatic heterocycles. The molecule has 16 heavy (non-hydrogen) atoms. The second kappa shape index (κ2) is 4.68. The molecule has 1 saturated carbocycles. The minimum Gasteiger partial charge on any atom is -0.502 e. The van der Waals surface area contributed by atoms with Gasteiger partial charge in [-0.15, -0.1) is 0 Å². The van der Waals surface area contributed by atoms with Crippen LogP contribution in [0.3, 0.4) is 0 Å². The van der Waals surface area contributed by atoms with Crippen LogP contribution in [0.25, 0.3) is 0 Å². The van der Waals surface area contributed by atoms with E-state index in [2.05, 4.69) is 4.74 Å². The van der Waals surface area contributed by atoms with E-state index in [-0.39, 0.29) is 23.4 Å². The van der Waals surface area contributed by atoms with Crippen molar-refractivity contribution in [1.29, 1.82) is 0 Å². The van der Waals surface area contributed by atoms with Gasteiger partial charge in [0.1, 0.15) is 0 Å². The molecule has 0 aliphatic heterocycles. The molecule has 0 heterocycles. The van der Waals surface area contributed by atoms with E-state index < -0.39 is 11.7 Å². The first-order valence-corrected chi connectivity index (χ1v) is 5.50. The lowest BCUT2D eigenvalue weighted by atomic mass is 9.74. The van der Waals surface area contributed by atoms with Crippen molar-refractivity contribution < 1.29 is 19.4 Å². The van der Waals surface area contributed by atoms with Gasteiger partial charge in [0.15, 0.2) is 5.78 Å². The van der Waals surface area contributed by atoms with Crippen LogP contribution < -0.4 is 0 Å². The van der Waals surface area contributed by atoms with Gasteiger partial charge in [0.2, 0.25) is 5.76 Å². The molecule has 90 valence electrons. The fourth-order valence-electron chi connectivity index (χ4n) is 1.81. The van der Waals surface area contributed by atoms with Gasteiger partial charge in [0.25, 0.3) is 0 Å². The average Bonchev–Trinajstić information content (AvgIpc) is 2.16. The van der Waals surface area contributed by atoms with E-state index in [1.54, 1.807) is 6.92 Å². The summed E-state index contributed by atoms with van der Waals surface area (Å²) in [5, 5.41) is 9.60. The minimum absolute atomic E-state index is 0.0461. The fraction of sp³-hybridized carbons (Fsp3) is 0.667. The number of aliphatic hydroxyl groups excluding tert-OH is 1.